The fraction of sp³-hybridized carbons (Fsp3) is 0.500. The van der Waals surface area contributed by atoms with E-state index in [9.17, 15) is 19.2 Å². The highest BCUT2D eigenvalue weighted by atomic mass is 16.5. The number of para-hydroxylation sites is 1. The first-order valence-corrected chi connectivity index (χ1v) is 15.6. The molecule has 0 bridgehead atoms. The second kappa shape index (κ2) is 16.1. The van der Waals surface area contributed by atoms with Crippen molar-refractivity contribution in [2.45, 2.75) is 63.9 Å². The van der Waals surface area contributed by atoms with E-state index in [-0.39, 0.29) is 31.8 Å². The minimum atomic E-state index is -1.28. The van der Waals surface area contributed by atoms with Gasteiger partial charge < -0.3 is 30.3 Å². The number of Topliss-reactive ketones (excluding diaryl/α,β-unsaturated/α-hetero) is 1. The predicted octanol–water partition coefficient (Wildman–Crippen LogP) is 2.16. The van der Waals surface area contributed by atoms with Gasteiger partial charge in [0.05, 0.1) is 31.9 Å². The Morgan fingerprint density at radius 1 is 0.911 bits per heavy atom. The molecule has 3 aromatic rings. The molecule has 1 saturated heterocycles. The van der Waals surface area contributed by atoms with Crippen LogP contribution in [0.25, 0.3) is 11.0 Å². The number of fused-ring (bicyclic) bond motifs is 1. The van der Waals surface area contributed by atoms with Crippen LogP contribution < -0.4 is 16.0 Å². The van der Waals surface area contributed by atoms with Gasteiger partial charge in [0.25, 0.3) is 5.91 Å². The highest BCUT2D eigenvalue weighted by Gasteiger charge is 2.33. The maximum absolute atomic E-state index is 13.8. The monoisotopic (exact) mass is 619 g/mol. The molecular formula is C32H41N7O6. The van der Waals surface area contributed by atoms with Crippen molar-refractivity contribution in [2.24, 2.45) is 5.92 Å². The average Bonchev–Trinajstić information content (AvgIpc) is 3.50. The first-order valence-electron chi connectivity index (χ1n) is 15.6. The number of nitrogens with one attached hydrogen (secondary N) is 3. The number of carbonyl (C=O) groups excluding carboxylic acids is 4. The van der Waals surface area contributed by atoms with E-state index in [0.717, 1.165) is 37.7 Å². The summed E-state index contributed by atoms with van der Waals surface area (Å²) >= 11 is 0. The standard InChI is InChI=1S/C32H41N7O6/c40-29(31(42)33-22-39-28-14-8-7-13-25(28)36-37-39)27(21-45-20-24-11-5-2-6-12-24)34-30(41)26(19-23-9-3-1-4-10-23)35-32(43)38-15-17-44-18-16-38/h2,5-8,11-14,23,26-27H,1,3-4,9-10,15-22H2,(H,33,42)(H,34,41)(H,35,43)/t26-,27+/m0/s1. The third kappa shape index (κ3) is 9.08. The lowest BCUT2D eigenvalue weighted by Crippen LogP contribution is -2.58. The lowest BCUT2D eigenvalue weighted by molar-refractivity contribution is -0.141. The zero-order valence-electron chi connectivity index (χ0n) is 25.4. The smallest absolute Gasteiger partial charge is 0.318 e. The van der Waals surface area contributed by atoms with Gasteiger partial charge in [-0.1, -0.05) is 79.8 Å². The molecule has 2 aliphatic rings. The number of ketones is 1. The number of morpholine rings is 1. The summed E-state index contributed by atoms with van der Waals surface area (Å²) in [6, 6.07) is 14.1. The average molecular weight is 620 g/mol. The lowest BCUT2D eigenvalue weighted by atomic mass is 9.84. The first-order chi connectivity index (χ1) is 22.0. The topological polar surface area (TPSA) is 157 Å². The molecule has 0 unspecified atom stereocenters. The van der Waals surface area contributed by atoms with Gasteiger partial charge in [0, 0.05) is 13.1 Å². The summed E-state index contributed by atoms with van der Waals surface area (Å²) in [7, 11) is 0. The molecule has 3 N–H and O–H groups in total. The zero-order chi connectivity index (χ0) is 31.4. The van der Waals surface area contributed by atoms with Gasteiger partial charge in [-0.3, -0.25) is 14.4 Å². The van der Waals surface area contributed by atoms with Gasteiger partial charge in [-0.2, -0.15) is 0 Å². The van der Waals surface area contributed by atoms with Crippen LogP contribution in [-0.4, -0.2) is 88.5 Å². The number of amides is 4. The number of carbonyl (C=O) groups is 4. The number of ether oxygens (including phenoxy) is 2. The van der Waals surface area contributed by atoms with Crippen LogP contribution in [0.3, 0.4) is 0 Å². The minimum absolute atomic E-state index is 0.0868. The Balaban J connectivity index is 1.27. The van der Waals surface area contributed by atoms with Crippen molar-refractivity contribution < 1.29 is 28.7 Å². The molecule has 1 aromatic heterocycles. The molecule has 2 aromatic carbocycles. The summed E-state index contributed by atoms with van der Waals surface area (Å²) in [5.41, 5.74) is 2.23. The number of benzene rings is 2. The van der Waals surface area contributed by atoms with Gasteiger partial charge in [-0.25, -0.2) is 9.48 Å². The van der Waals surface area contributed by atoms with E-state index in [1.807, 2.05) is 42.5 Å². The Morgan fingerprint density at radius 2 is 1.64 bits per heavy atom. The fourth-order valence-electron chi connectivity index (χ4n) is 5.74. The van der Waals surface area contributed by atoms with Crippen LogP contribution in [0.1, 0.15) is 44.1 Å². The van der Waals surface area contributed by atoms with E-state index in [1.165, 1.54) is 4.68 Å². The largest absolute Gasteiger partial charge is 0.378 e. The Morgan fingerprint density at radius 3 is 2.42 bits per heavy atom. The molecule has 4 amide bonds. The number of hydrogen-bond donors (Lipinski definition) is 3. The van der Waals surface area contributed by atoms with E-state index in [0.29, 0.717) is 43.8 Å². The van der Waals surface area contributed by atoms with Crippen molar-refractivity contribution in [1.29, 1.82) is 0 Å². The molecule has 2 heterocycles. The normalized spacial score (nSPS) is 16.9. The molecule has 0 spiro atoms. The first kappa shape index (κ1) is 32.0. The summed E-state index contributed by atoms with van der Waals surface area (Å²) in [6.07, 6.45) is 5.69. The second-order valence-electron chi connectivity index (χ2n) is 11.5. The molecule has 0 radical (unpaired) electrons. The number of hydrogen-bond acceptors (Lipinski definition) is 8. The predicted molar refractivity (Wildman–Crippen MR) is 165 cm³/mol. The quantitative estimate of drug-likeness (QED) is 0.246. The van der Waals surface area contributed by atoms with Gasteiger partial charge >= 0.3 is 6.03 Å². The van der Waals surface area contributed by atoms with Crippen molar-refractivity contribution in [3.8, 4) is 0 Å². The van der Waals surface area contributed by atoms with Crippen LogP contribution >= 0.6 is 0 Å². The summed E-state index contributed by atoms with van der Waals surface area (Å²) in [4.78, 5) is 55.0. The van der Waals surface area contributed by atoms with E-state index >= 15 is 0 Å². The fourth-order valence-corrected chi connectivity index (χ4v) is 5.74. The molecule has 2 fully saturated rings. The molecule has 5 rings (SSSR count). The third-order valence-electron chi connectivity index (χ3n) is 8.27. The second-order valence-corrected chi connectivity index (χ2v) is 11.5. The zero-order valence-corrected chi connectivity index (χ0v) is 25.4. The molecular weight excluding hydrogens is 578 g/mol. The van der Waals surface area contributed by atoms with E-state index in [4.69, 9.17) is 9.47 Å². The minimum Gasteiger partial charge on any atom is -0.378 e. The Hall–Kier alpha value is -4.36. The van der Waals surface area contributed by atoms with Gasteiger partial charge in [-0.05, 0) is 30.0 Å². The third-order valence-corrected chi connectivity index (χ3v) is 8.27. The molecule has 240 valence electrons. The number of urea groups is 1. The van der Waals surface area contributed by atoms with Crippen LogP contribution in [0.15, 0.2) is 54.6 Å². The SMILES string of the molecule is O=C(NCn1nnc2ccccc21)C(=O)[C@@H](COCc1ccccc1)NC(=O)[C@H](CC1CCCCC1)NC(=O)N1CCOCC1. The van der Waals surface area contributed by atoms with Crippen molar-refractivity contribution in [3.63, 3.8) is 0 Å². The van der Waals surface area contributed by atoms with Gasteiger partial charge in [-0.15, -0.1) is 5.10 Å². The summed E-state index contributed by atoms with van der Waals surface area (Å²) in [5, 5.41) is 16.3. The van der Waals surface area contributed by atoms with Crippen molar-refractivity contribution in [2.75, 3.05) is 32.9 Å². The van der Waals surface area contributed by atoms with E-state index in [2.05, 4.69) is 26.3 Å². The molecule has 1 aliphatic carbocycles. The molecule has 45 heavy (non-hydrogen) atoms. The number of rotatable bonds is 13. The molecule has 1 aliphatic heterocycles. The highest BCUT2D eigenvalue weighted by Crippen LogP contribution is 2.27. The summed E-state index contributed by atoms with van der Waals surface area (Å²) in [6.45, 7) is 1.59. The van der Waals surface area contributed by atoms with Crippen molar-refractivity contribution >= 4 is 34.7 Å². The van der Waals surface area contributed by atoms with Gasteiger partial charge in [0.15, 0.2) is 0 Å². The highest BCUT2D eigenvalue weighted by molar-refractivity contribution is 6.38. The van der Waals surface area contributed by atoms with E-state index < -0.39 is 29.7 Å². The summed E-state index contributed by atoms with van der Waals surface area (Å²) < 4.78 is 12.6. The number of nitrogens with zero attached hydrogens (tertiary/aromatic N) is 4. The van der Waals surface area contributed by atoms with Crippen LogP contribution in [0.2, 0.25) is 0 Å². The van der Waals surface area contributed by atoms with Crippen LogP contribution in [0.4, 0.5) is 4.79 Å². The van der Waals surface area contributed by atoms with Gasteiger partial charge in [0.2, 0.25) is 11.7 Å². The molecule has 2 atom stereocenters. The van der Waals surface area contributed by atoms with Crippen LogP contribution in [-0.2, 0) is 37.1 Å². The van der Waals surface area contributed by atoms with E-state index in [1.54, 1.807) is 17.0 Å². The Kier molecular flexibility index (Phi) is 11.5. The molecule has 1 saturated carbocycles. The maximum Gasteiger partial charge on any atom is 0.318 e. The maximum atomic E-state index is 13.8. The van der Waals surface area contributed by atoms with Crippen LogP contribution in [0.5, 0.6) is 0 Å². The Labute approximate surface area is 262 Å². The molecule has 13 nitrogen and oxygen atoms in total. The molecule has 13 heteroatoms. The van der Waals surface area contributed by atoms with Crippen LogP contribution in [0, 0.1) is 5.92 Å². The number of aromatic nitrogens is 3. The Bertz CT molecular complexity index is 1440. The van der Waals surface area contributed by atoms with Crippen molar-refractivity contribution in [1.82, 2.24) is 35.8 Å². The van der Waals surface area contributed by atoms with Crippen molar-refractivity contribution in [3.05, 3.63) is 60.2 Å². The lowest BCUT2D eigenvalue weighted by Gasteiger charge is -2.31. The summed E-state index contributed by atoms with van der Waals surface area (Å²) in [5.74, 6) is -2.02. The van der Waals surface area contributed by atoms with Gasteiger partial charge in [0.1, 0.15) is 24.3 Å².